The summed E-state index contributed by atoms with van der Waals surface area (Å²) in [5.74, 6) is -13.2. The number of primary amides is 1. The molecule has 0 spiro atoms. The van der Waals surface area contributed by atoms with Crippen molar-refractivity contribution in [2.75, 3.05) is 58.2 Å². The molecule has 12 atom stereocenters. The van der Waals surface area contributed by atoms with Crippen molar-refractivity contribution in [3.8, 4) is 0 Å². The molecule has 0 unspecified atom stereocenters. The minimum Gasteiger partial charge on any atom is -0.480 e. The van der Waals surface area contributed by atoms with Crippen LogP contribution in [0.1, 0.15) is 125 Å². The van der Waals surface area contributed by atoms with Gasteiger partial charge in [-0.25, -0.2) is 4.79 Å². The van der Waals surface area contributed by atoms with Gasteiger partial charge in [0, 0.05) is 25.3 Å². The summed E-state index contributed by atoms with van der Waals surface area (Å²) in [6, 6.07) is -15.1. The Hall–Kier alpha value is -7.31. The molecule has 2 aliphatic heterocycles. The average molecular weight is 1320 g/mol. The SMILES string of the molecule is CC(C)C[C@H](NC(=O)CNC(=O)[C@H](CO)NC(=O)[C@@H](N)CS)C(=O)N[C@@H](CC(C)C)C(=O)N[C@H](C(=O)N1CCC[C@H]1C(=O)N1CCC[C@H]1C(=O)N[C@@H](CCC(N)=O)C(=O)N[C@@H](CO)C(=O)NCC(=O)N[C@@H](CCCCN)C(=O)N[C@@H](CCCCN)C(=O)O)[C@@H](C)O. The van der Waals surface area contributed by atoms with Gasteiger partial charge in [-0.1, -0.05) is 27.7 Å². The molecule has 13 amide bonds. The molecule has 2 aliphatic rings. The van der Waals surface area contributed by atoms with Gasteiger partial charge in [0.05, 0.1) is 38.4 Å². The fourth-order valence-corrected chi connectivity index (χ4v) is 10.1. The standard InChI is InChI=1S/C56H98N16O18S/c1-29(2)22-36(64-44(78)25-62-47(80)38(26-73)68-46(79)32(59)28-91)51(84)67-37(23-30(3)4)52(85)70-45(31(5)75)55(88)72-21-11-15-41(72)54(87)71-20-10-14-40(71)53(86)65-34(16-17-42(60)76)50(83)69-39(27-74)48(81)61-24-43(77)63-33(12-6-8-18-57)49(82)66-35(56(89)90)13-7-9-19-58/h29-41,45,73-75,91H,6-28,57-59H2,1-5H3,(H2,60,76)(H,61,81)(H,62,80)(H,63,77)(H,64,78)(H,65,86)(H,66,82)(H,67,84)(H,68,79)(H,69,83)(H,70,85)(H,89,90)/t31-,32+,33+,34+,35+,36+,37+,38+,39+,40+,41+,45+/m1/s1. The lowest BCUT2D eigenvalue weighted by molar-refractivity contribution is -0.149. The number of nitrogens with one attached hydrogen (secondary N) is 10. The Labute approximate surface area is 534 Å². The van der Waals surface area contributed by atoms with E-state index in [0.29, 0.717) is 32.2 Å². The molecule has 2 fully saturated rings. The third-order valence-electron chi connectivity index (χ3n) is 14.9. The summed E-state index contributed by atoms with van der Waals surface area (Å²) >= 11 is 3.93. The third-order valence-corrected chi connectivity index (χ3v) is 15.3. The Morgan fingerprint density at radius 1 is 0.527 bits per heavy atom. The topological polar surface area (TPSA) is 551 Å². The van der Waals surface area contributed by atoms with Crippen LogP contribution in [0.15, 0.2) is 0 Å². The van der Waals surface area contributed by atoms with Crippen molar-refractivity contribution in [2.45, 2.75) is 197 Å². The predicted octanol–water partition coefficient (Wildman–Crippen LogP) is -7.60. The highest BCUT2D eigenvalue weighted by Gasteiger charge is 2.45. The Morgan fingerprint density at radius 3 is 1.43 bits per heavy atom. The number of hydrogen-bond acceptors (Lipinski definition) is 21. The summed E-state index contributed by atoms with van der Waals surface area (Å²) in [6.07, 6.45) is 0.250. The Morgan fingerprint density at radius 2 is 0.956 bits per heavy atom. The van der Waals surface area contributed by atoms with Crippen molar-refractivity contribution in [3.63, 3.8) is 0 Å². The molecular weight excluding hydrogens is 1220 g/mol. The van der Waals surface area contributed by atoms with Gasteiger partial charge in [0.15, 0.2) is 0 Å². The first kappa shape index (κ1) is 79.8. The van der Waals surface area contributed by atoms with Crippen molar-refractivity contribution in [2.24, 2.45) is 34.8 Å². The molecule has 0 bridgehead atoms. The first-order valence-corrected chi connectivity index (χ1v) is 31.3. The molecule has 516 valence electrons. The van der Waals surface area contributed by atoms with Crippen LogP contribution < -0.4 is 76.1 Å². The molecule has 34 nitrogen and oxygen atoms in total. The van der Waals surface area contributed by atoms with Crippen molar-refractivity contribution < 1.29 is 87.5 Å². The summed E-state index contributed by atoms with van der Waals surface area (Å²) in [5.41, 5.74) is 22.1. The zero-order valence-electron chi connectivity index (χ0n) is 52.5. The molecule has 2 heterocycles. The number of aliphatic hydroxyl groups excluding tert-OH is 3. The highest BCUT2D eigenvalue weighted by atomic mass is 32.1. The molecule has 91 heavy (non-hydrogen) atoms. The molecule has 2 rings (SSSR count). The number of aliphatic carboxylic acids is 1. The zero-order valence-corrected chi connectivity index (χ0v) is 53.4. The second-order valence-electron chi connectivity index (χ2n) is 23.4. The van der Waals surface area contributed by atoms with Crippen LogP contribution in [-0.2, 0) is 67.1 Å². The number of unbranched alkanes of at least 4 members (excludes halogenated alkanes) is 2. The number of hydrogen-bond donors (Lipinski definition) is 19. The van der Waals surface area contributed by atoms with E-state index in [0.717, 1.165) is 0 Å². The monoisotopic (exact) mass is 1310 g/mol. The number of carboxylic acid groups (broad SMARTS) is 1. The van der Waals surface area contributed by atoms with E-state index in [1.165, 1.54) is 16.7 Å². The largest absolute Gasteiger partial charge is 0.480 e. The fraction of sp³-hybridized carbons (Fsp3) is 0.750. The van der Waals surface area contributed by atoms with Crippen molar-refractivity contribution in [1.29, 1.82) is 0 Å². The van der Waals surface area contributed by atoms with Gasteiger partial charge in [-0.15, -0.1) is 0 Å². The van der Waals surface area contributed by atoms with E-state index in [2.05, 4.69) is 65.8 Å². The van der Waals surface area contributed by atoms with E-state index in [4.69, 9.17) is 22.9 Å². The summed E-state index contributed by atoms with van der Waals surface area (Å²) in [5, 5.41) is 64.6. The van der Waals surface area contributed by atoms with Crippen LogP contribution in [0.25, 0.3) is 0 Å². The molecule has 2 saturated heterocycles. The highest BCUT2D eigenvalue weighted by Crippen LogP contribution is 2.26. The molecule has 0 aromatic heterocycles. The number of likely N-dealkylation sites (tertiary alicyclic amines) is 2. The van der Waals surface area contributed by atoms with Crippen molar-refractivity contribution >= 4 is 95.4 Å². The van der Waals surface area contributed by atoms with Gasteiger partial charge in [-0.05, 0) is 115 Å². The Bertz CT molecular complexity index is 2500. The number of rotatable bonds is 42. The Kier molecular flexibility index (Phi) is 36.1. The first-order chi connectivity index (χ1) is 42.9. The molecule has 0 aromatic carbocycles. The number of aliphatic hydroxyl groups is 3. The fourth-order valence-electron chi connectivity index (χ4n) is 9.98. The normalized spacial score (nSPS) is 17.9. The molecule has 35 heteroatoms. The Balaban J connectivity index is 2.23. The smallest absolute Gasteiger partial charge is 0.326 e. The lowest BCUT2D eigenvalue weighted by Gasteiger charge is -2.34. The van der Waals surface area contributed by atoms with Crippen molar-refractivity contribution in [3.05, 3.63) is 0 Å². The zero-order chi connectivity index (χ0) is 68.7. The molecule has 22 N–H and O–H groups in total. The van der Waals surface area contributed by atoms with E-state index in [1.807, 2.05) is 0 Å². The van der Waals surface area contributed by atoms with Crippen LogP contribution in [0.3, 0.4) is 0 Å². The molecular formula is C56H98N16O18S. The number of nitrogens with zero attached hydrogens (tertiary/aromatic N) is 2. The number of thiol groups is 1. The van der Waals surface area contributed by atoms with Gasteiger partial charge in [-0.3, -0.25) is 62.3 Å². The van der Waals surface area contributed by atoms with E-state index < -0.39 is 194 Å². The van der Waals surface area contributed by atoms with Gasteiger partial charge >= 0.3 is 5.97 Å². The van der Waals surface area contributed by atoms with E-state index in [1.54, 1.807) is 27.7 Å². The van der Waals surface area contributed by atoms with Gasteiger partial charge in [0.2, 0.25) is 76.8 Å². The maximum absolute atomic E-state index is 14.5. The second-order valence-corrected chi connectivity index (χ2v) is 23.8. The molecule has 0 aromatic rings. The van der Waals surface area contributed by atoms with Crippen LogP contribution >= 0.6 is 12.6 Å². The number of carbonyl (C=O) groups excluding carboxylic acids is 13. The van der Waals surface area contributed by atoms with Crippen LogP contribution in [0.2, 0.25) is 0 Å². The minimum absolute atomic E-state index is 0.00637. The lowest BCUT2D eigenvalue weighted by atomic mass is 9.99. The van der Waals surface area contributed by atoms with E-state index >= 15 is 0 Å². The first-order valence-electron chi connectivity index (χ1n) is 30.7. The molecule has 0 saturated carbocycles. The summed E-state index contributed by atoms with van der Waals surface area (Å²) in [7, 11) is 0. The number of nitrogens with two attached hydrogens (primary N) is 4. The highest BCUT2D eigenvalue weighted by molar-refractivity contribution is 7.80. The quantitative estimate of drug-likeness (QED) is 0.0199. The summed E-state index contributed by atoms with van der Waals surface area (Å²) in [6.45, 7) is 5.52. The average Bonchev–Trinajstić information content (AvgIpc) is 1.76. The van der Waals surface area contributed by atoms with Gasteiger partial charge in [0.25, 0.3) is 0 Å². The van der Waals surface area contributed by atoms with E-state index in [-0.39, 0.29) is 88.6 Å². The summed E-state index contributed by atoms with van der Waals surface area (Å²) in [4.78, 5) is 189. The minimum atomic E-state index is -1.75. The van der Waals surface area contributed by atoms with Gasteiger partial charge in [0.1, 0.15) is 60.4 Å². The predicted molar refractivity (Wildman–Crippen MR) is 329 cm³/mol. The number of carbonyl (C=O) groups is 14. The van der Waals surface area contributed by atoms with Crippen LogP contribution in [-0.4, -0.2) is 244 Å². The van der Waals surface area contributed by atoms with Gasteiger partial charge < -0.3 is 106 Å². The second kappa shape index (κ2) is 41.2. The third kappa shape index (κ3) is 27.6. The van der Waals surface area contributed by atoms with Crippen LogP contribution in [0, 0.1) is 11.8 Å². The lowest BCUT2D eigenvalue weighted by Crippen LogP contribution is -2.61. The number of carboxylic acids is 1. The number of amides is 13. The van der Waals surface area contributed by atoms with Gasteiger partial charge in [-0.2, -0.15) is 12.6 Å². The van der Waals surface area contributed by atoms with E-state index in [9.17, 15) is 87.5 Å². The van der Waals surface area contributed by atoms with Crippen LogP contribution in [0.4, 0.5) is 0 Å². The molecule has 0 radical (unpaired) electrons. The van der Waals surface area contributed by atoms with Crippen LogP contribution in [0.5, 0.6) is 0 Å². The van der Waals surface area contributed by atoms with Crippen molar-refractivity contribution in [1.82, 2.24) is 63.0 Å². The molecule has 0 aliphatic carbocycles. The maximum Gasteiger partial charge on any atom is 0.326 e. The summed E-state index contributed by atoms with van der Waals surface area (Å²) < 4.78 is 0. The maximum atomic E-state index is 14.5.